The first-order chi connectivity index (χ1) is 13.1. The average Bonchev–Trinajstić information content (AvgIpc) is 3.30. The predicted molar refractivity (Wildman–Crippen MR) is 111 cm³/mol. The van der Waals surface area contributed by atoms with Gasteiger partial charge in [-0.1, -0.05) is 59.8 Å². The van der Waals surface area contributed by atoms with Gasteiger partial charge in [-0.25, -0.2) is 4.98 Å². The predicted octanol–water partition coefficient (Wildman–Crippen LogP) is 5.35. The number of nitrogens with zero attached hydrogens (tertiary/aromatic N) is 5. The van der Waals surface area contributed by atoms with E-state index in [0.717, 1.165) is 38.2 Å². The van der Waals surface area contributed by atoms with E-state index in [9.17, 15) is 0 Å². The SMILES string of the molecule is Cc1cccc(C)c1-n1nnnc1SCc1csc(-c2ccccc2Cl)n1. The fourth-order valence-corrected chi connectivity index (χ4v) is 4.83. The highest BCUT2D eigenvalue weighted by molar-refractivity contribution is 7.98. The fourth-order valence-electron chi connectivity index (χ4n) is 2.82. The van der Waals surface area contributed by atoms with Crippen molar-refractivity contribution >= 4 is 34.7 Å². The molecule has 0 saturated carbocycles. The first-order valence-corrected chi connectivity index (χ1v) is 10.5. The van der Waals surface area contributed by atoms with Crippen LogP contribution in [0.3, 0.4) is 0 Å². The Bertz CT molecular complexity index is 1070. The van der Waals surface area contributed by atoms with Gasteiger partial charge in [0.2, 0.25) is 5.16 Å². The zero-order chi connectivity index (χ0) is 18.8. The number of thiazole rings is 1. The molecule has 4 rings (SSSR count). The number of halogens is 1. The van der Waals surface area contributed by atoms with E-state index in [1.54, 1.807) is 27.8 Å². The van der Waals surface area contributed by atoms with Gasteiger partial charge in [0, 0.05) is 16.7 Å². The summed E-state index contributed by atoms with van der Waals surface area (Å²) in [5, 5.41) is 16.7. The summed E-state index contributed by atoms with van der Waals surface area (Å²) in [6, 6.07) is 13.9. The van der Waals surface area contributed by atoms with E-state index in [2.05, 4.69) is 46.9 Å². The van der Waals surface area contributed by atoms with Gasteiger partial charge in [-0.3, -0.25) is 0 Å². The summed E-state index contributed by atoms with van der Waals surface area (Å²) in [5.74, 6) is 0.687. The summed E-state index contributed by atoms with van der Waals surface area (Å²) < 4.78 is 1.80. The molecule has 0 fully saturated rings. The smallest absolute Gasteiger partial charge is 0.214 e. The van der Waals surface area contributed by atoms with Crippen molar-refractivity contribution in [3.8, 4) is 16.3 Å². The molecule has 0 spiro atoms. The molecule has 0 bridgehead atoms. The van der Waals surface area contributed by atoms with Crippen molar-refractivity contribution in [2.45, 2.75) is 24.8 Å². The van der Waals surface area contributed by atoms with Gasteiger partial charge in [0.25, 0.3) is 0 Å². The molecule has 2 aromatic heterocycles. The number of tetrazole rings is 1. The van der Waals surface area contributed by atoms with Gasteiger partial charge in [-0.05, 0) is 41.5 Å². The van der Waals surface area contributed by atoms with Crippen LogP contribution in [0.25, 0.3) is 16.3 Å². The highest BCUT2D eigenvalue weighted by Crippen LogP contribution is 2.32. The third kappa shape index (κ3) is 3.76. The Labute approximate surface area is 170 Å². The number of hydrogen-bond acceptors (Lipinski definition) is 6. The number of benzene rings is 2. The molecular weight excluding hydrogens is 398 g/mol. The molecule has 2 aromatic carbocycles. The minimum atomic E-state index is 0.687. The van der Waals surface area contributed by atoms with Crippen LogP contribution < -0.4 is 0 Å². The summed E-state index contributed by atoms with van der Waals surface area (Å²) in [6.07, 6.45) is 0. The number of aromatic nitrogens is 5. The maximum atomic E-state index is 6.28. The molecule has 136 valence electrons. The van der Waals surface area contributed by atoms with E-state index in [-0.39, 0.29) is 0 Å². The van der Waals surface area contributed by atoms with Crippen molar-refractivity contribution in [2.75, 3.05) is 0 Å². The monoisotopic (exact) mass is 413 g/mol. The second kappa shape index (κ2) is 7.80. The molecule has 0 aliphatic carbocycles. The summed E-state index contributed by atoms with van der Waals surface area (Å²) >= 11 is 9.44. The number of para-hydroxylation sites is 1. The molecule has 2 heterocycles. The van der Waals surface area contributed by atoms with Crippen LogP contribution in [0, 0.1) is 13.8 Å². The molecule has 8 heteroatoms. The van der Waals surface area contributed by atoms with Gasteiger partial charge in [-0.2, -0.15) is 4.68 Å². The molecule has 0 aliphatic rings. The Morgan fingerprint density at radius 2 is 1.85 bits per heavy atom. The average molecular weight is 414 g/mol. The van der Waals surface area contributed by atoms with E-state index in [4.69, 9.17) is 16.6 Å². The number of aryl methyl sites for hydroxylation is 2. The summed E-state index contributed by atoms with van der Waals surface area (Å²) in [6.45, 7) is 4.13. The van der Waals surface area contributed by atoms with Crippen molar-refractivity contribution in [3.05, 3.63) is 69.7 Å². The van der Waals surface area contributed by atoms with Crippen LogP contribution in [-0.4, -0.2) is 25.2 Å². The normalized spacial score (nSPS) is 11.1. The molecule has 0 unspecified atom stereocenters. The lowest BCUT2D eigenvalue weighted by Gasteiger charge is -2.10. The van der Waals surface area contributed by atoms with Crippen molar-refractivity contribution in [3.63, 3.8) is 0 Å². The molecule has 0 amide bonds. The van der Waals surface area contributed by atoms with E-state index in [0.29, 0.717) is 10.8 Å². The Balaban J connectivity index is 1.55. The second-order valence-corrected chi connectivity index (χ2v) is 8.23. The zero-order valence-electron chi connectivity index (χ0n) is 14.8. The quantitative estimate of drug-likeness (QED) is 0.413. The highest BCUT2D eigenvalue weighted by Gasteiger charge is 2.14. The van der Waals surface area contributed by atoms with E-state index >= 15 is 0 Å². The number of rotatable bonds is 5. The minimum absolute atomic E-state index is 0.687. The molecule has 0 N–H and O–H groups in total. The minimum Gasteiger partial charge on any atom is -0.240 e. The Morgan fingerprint density at radius 1 is 1.07 bits per heavy atom. The molecule has 0 radical (unpaired) electrons. The summed E-state index contributed by atoms with van der Waals surface area (Å²) in [4.78, 5) is 4.71. The van der Waals surface area contributed by atoms with E-state index in [1.165, 1.54) is 0 Å². The van der Waals surface area contributed by atoms with Crippen LogP contribution >= 0.6 is 34.7 Å². The van der Waals surface area contributed by atoms with Crippen molar-refractivity contribution < 1.29 is 0 Å². The van der Waals surface area contributed by atoms with E-state index < -0.39 is 0 Å². The van der Waals surface area contributed by atoms with E-state index in [1.807, 2.05) is 30.3 Å². The van der Waals surface area contributed by atoms with Crippen molar-refractivity contribution in [2.24, 2.45) is 0 Å². The lowest BCUT2D eigenvalue weighted by Crippen LogP contribution is -2.04. The van der Waals surface area contributed by atoms with Crippen LogP contribution in [0.1, 0.15) is 16.8 Å². The highest BCUT2D eigenvalue weighted by atomic mass is 35.5. The van der Waals surface area contributed by atoms with Gasteiger partial charge in [-0.15, -0.1) is 16.4 Å². The molecular formula is C19H16ClN5S2. The van der Waals surface area contributed by atoms with Gasteiger partial charge >= 0.3 is 0 Å². The molecule has 4 aromatic rings. The third-order valence-corrected chi connectivity index (χ3v) is 6.30. The molecule has 0 atom stereocenters. The molecule has 0 aliphatic heterocycles. The second-order valence-electron chi connectivity index (χ2n) is 6.03. The lowest BCUT2D eigenvalue weighted by molar-refractivity contribution is 0.747. The largest absolute Gasteiger partial charge is 0.240 e. The Hall–Kier alpha value is -2.22. The number of thioether (sulfide) groups is 1. The topological polar surface area (TPSA) is 56.5 Å². The molecule has 0 saturated heterocycles. The van der Waals surface area contributed by atoms with Crippen LogP contribution in [0.2, 0.25) is 5.02 Å². The lowest BCUT2D eigenvalue weighted by atomic mass is 10.1. The summed E-state index contributed by atoms with van der Waals surface area (Å²) in [7, 11) is 0. The maximum Gasteiger partial charge on any atom is 0.214 e. The Morgan fingerprint density at radius 3 is 2.63 bits per heavy atom. The maximum absolute atomic E-state index is 6.28. The first kappa shape index (κ1) is 18.2. The van der Waals surface area contributed by atoms with Crippen molar-refractivity contribution in [1.82, 2.24) is 25.2 Å². The van der Waals surface area contributed by atoms with Crippen LogP contribution in [-0.2, 0) is 5.75 Å². The zero-order valence-corrected chi connectivity index (χ0v) is 17.1. The number of hydrogen-bond donors (Lipinski definition) is 0. The van der Waals surface area contributed by atoms with Gasteiger partial charge in [0.1, 0.15) is 5.01 Å². The summed E-state index contributed by atoms with van der Waals surface area (Å²) in [5.41, 5.74) is 5.24. The Kier molecular flexibility index (Phi) is 5.24. The van der Waals surface area contributed by atoms with Crippen LogP contribution in [0.4, 0.5) is 0 Å². The van der Waals surface area contributed by atoms with Crippen molar-refractivity contribution in [1.29, 1.82) is 0 Å². The third-order valence-electron chi connectivity index (χ3n) is 4.10. The molecule has 27 heavy (non-hydrogen) atoms. The van der Waals surface area contributed by atoms with Gasteiger partial charge in [0.05, 0.1) is 16.4 Å². The standard InChI is InChI=1S/C19H16ClN5S2/c1-12-6-5-7-13(2)17(12)25-19(22-23-24-25)27-11-14-10-26-18(21-14)15-8-3-4-9-16(15)20/h3-10H,11H2,1-2H3. The van der Waals surface area contributed by atoms with Crippen LogP contribution in [0.15, 0.2) is 53.0 Å². The molecule has 5 nitrogen and oxygen atoms in total. The van der Waals surface area contributed by atoms with Crippen LogP contribution in [0.5, 0.6) is 0 Å². The van der Waals surface area contributed by atoms with Gasteiger partial charge < -0.3 is 0 Å². The first-order valence-electron chi connectivity index (χ1n) is 8.30. The fraction of sp³-hybridized carbons (Fsp3) is 0.158. The van der Waals surface area contributed by atoms with Gasteiger partial charge in [0.15, 0.2) is 0 Å².